The molecule has 0 spiro atoms. The highest BCUT2D eigenvalue weighted by Crippen LogP contribution is 2.43. The summed E-state index contributed by atoms with van der Waals surface area (Å²) in [5.74, 6) is -1.12. The number of ether oxygens (including phenoxy) is 1. The molecule has 192 valence electrons. The van der Waals surface area contributed by atoms with E-state index in [0.717, 1.165) is 6.42 Å². The van der Waals surface area contributed by atoms with Gasteiger partial charge in [0, 0.05) is 17.1 Å². The molecule has 1 aromatic rings. The van der Waals surface area contributed by atoms with E-state index in [0.29, 0.717) is 37.5 Å². The molecule has 1 aromatic carbocycles. The van der Waals surface area contributed by atoms with Crippen LogP contribution in [0.2, 0.25) is 0 Å². The molecule has 7 nitrogen and oxygen atoms in total. The highest BCUT2D eigenvalue weighted by molar-refractivity contribution is 6.40. The lowest BCUT2D eigenvalue weighted by Crippen LogP contribution is -2.65. The molecular weight excluding hydrogens is 430 g/mol. The summed E-state index contributed by atoms with van der Waals surface area (Å²) in [7, 11) is 0. The molecule has 0 aromatic heterocycles. The number of unbranched alkanes of at least 4 members (excludes halogenated alkanes) is 5. The molecule has 0 saturated carbocycles. The first-order valence-electron chi connectivity index (χ1n) is 12.8. The SMILES string of the molecule is CCCCCCCCON1C(C)(C)CC(N(C(=O)C(N)=O)c2ccccc2OCC)CC1(C)C. The number of piperidine rings is 1. The number of nitrogens with two attached hydrogens (primary N) is 1. The van der Waals surface area contributed by atoms with Gasteiger partial charge in [0.15, 0.2) is 0 Å². The number of rotatable bonds is 12. The number of amides is 2. The number of carbonyl (C=O) groups is 2. The Balaban J connectivity index is 2.22. The van der Waals surface area contributed by atoms with Gasteiger partial charge in [0.05, 0.1) is 18.9 Å². The topological polar surface area (TPSA) is 85.1 Å². The summed E-state index contributed by atoms with van der Waals surface area (Å²) in [5, 5.41) is 2.10. The minimum Gasteiger partial charge on any atom is -0.492 e. The molecule has 34 heavy (non-hydrogen) atoms. The van der Waals surface area contributed by atoms with Gasteiger partial charge in [0.2, 0.25) is 0 Å². The van der Waals surface area contributed by atoms with Gasteiger partial charge in [0.25, 0.3) is 0 Å². The van der Waals surface area contributed by atoms with Crippen LogP contribution in [0.1, 0.15) is 92.9 Å². The smallest absolute Gasteiger partial charge is 0.316 e. The number of hydrogen-bond donors (Lipinski definition) is 1. The second-order valence-electron chi connectivity index (χ2n) is 10.5. The van der Waals surface area contributed by atoms with E-state index in [1.165, 1.54) is 32.1 Å². The fourth-order valence-corrected chi connectivity index (χ4v) is 5.31. The van der Waals surface area contributed by atoms with Crippen molar-refractivity contribution in [1.82, 2.24) is 5.06 Å². The highest BCUT2D eigenvalue weighted by Gasteiger charge is 2.49. The fraction of sp³-hybridized carbons (Fsp3) is 0.704. The first-order chi connectivity index (χ1) is 16.0. The van der Waals surface area contributed by atoms with Crippen molar-refractivity contribution < 1.29 is 19.2 Å². The van der Waals surface area contributed by atoms with Crippen LogP contribution in [0.5, 0.6) is 5.75 Å². The first-order valence-corrected chi connectivity index (χ1v) is 12.8. The van der Waals surface area contributed by atoms with Crippen molar-refractivity contribution in [3.63, 3.8) is 0 Å². The van der Waals surface area contributed by atoms with Crippen LogP contribution in [0, 0.1) is 0 Å². The van der Waals surface area contributed by atoms with Crippen LogP contribution in [0.25, 0.3) is 0 Å². The molecule has 2 amide bonds. The van der Waals surface area contributed by atoms with Crippen LogP contribution < -0.4 is 15.4 Å². The predicted molar refractivity (Wildman–Crippen MR) is 137 cm³/mol. The third-order valence-corrected chi connectivity index (χ3v) is 6.51. The van der Waals surface area contributed by atoms with E-state index >= 15 is 0 Å². The van der Waals surface area contributed by atoms with Crippen molar-refractivity contribution in [3.8, 4) is 5.75 Å². The van der Waals surface area contributed by atoms with Crippen molar-refractivity contribution in [2.75, 3.05) is 18.1 Å². The molecule has 1 saturated heterocycles. The second-order valence-corrected chi connectivity index (χ2v) is 10.5. The maximum Gasteiger partial charge on any atom is 0.316 e. The van der Waals surface area contributed by atoms with E-state index in [1.807, 2.05) is 31.2 Å². The number of hydrogen-bond acceptors (Lipinski definition) is 5. The summed E-state index contributed by atoms with van der Waals surface area (Å²) in [6.45, 7) is 13.8. The summed E-state index contributed by atoms with van der Waals surface area (Å²) in [6.07, 6.45) is 8.54. The summed E-state index contributed by atoms with van der Waals surface area (Å²) in [6, 6.07) is 7.09. The van der Waals surface area contributed by atoms with Gasteiger partial charge < -0.3 is 10.5 Å². The van der Waals surface area contributed by atoms with Gasteiger partial charge in [-0.25, -0.2) is 0 Å². The lowest BCUT2D eigenvalue weighted by Gasteiger charge is -2.55. The molecule has 2 rings (SSSR count). The van der Waals surface area contributed by atoms with Gasteiger partial charge >= 0.3 is 11.8 Å². The van der Waals surface area contributed by atoms with Crippen molar-refractivity contribution in [1.29, 1.82) is 0 Å². The van der Waals surface area contributed by atoms with E-state index < -0.39 is 11.8 Å². The summed E-state index contributed by atoms with van der Waals surface area (Å²) < 4.78 is 5.78. The Labute approximate surface area is 205 Å². The monoisotopic (exact) mass is 475 g/mol. The summed E-state index contributed by atoms with van der Waals surface area (Å²) in [5.41, 5.74) is 5.35. The number of carbonyl (C=O) groups excluding carboxylic acids is 2. The van der Waals surface area contributed by atoms with Crippen molar-refractivity contribution in [3.05, 3.63) is 24.3 Å². The van der Waals surface area contributed by atoms with E-state index in [2.05, 4.69) is 39.7 Å². The Bertz CT molecular complexity index is 791. The van der Waals surface area contributed by atoms with Crippen LogP contribution in [0.15, 0.2) is 24.3 Å². The largest absolute Gasteiger partial charge is 0.492 e. The Kier molecular flexibility index (Phi) is 10.4. The summed E-state index contributed by atoms with van der Waals surface area (Å²) in [4.78, 5) is 33.0. The molecule has 1 heterocycles. The van der Waals surface area contributed by atoms with E-state index in [4.69, 9.17) is 15.3 Å². The normalized spacial score (nSPS) is 17.9. The average Bonchev–Trinajstić information content (AvgIpc) is 2.75. The molecule has 0 unspecified atom stereocenters. The molecule has 7 heteroatoms. The fourth-order valence-electron chi connectivity index (χ4n) is 5.31. The number of para-hydroxylation sites is 2. The number of primary amides is 1. The molecule has 2 N–H and O–H groups in total. The summed E-state index contributed by atoms with van der Waals surface area (Å²) >= 11 is 0. The molecule has 1 aliphatic heterocycles. The Morgan fingerprint density at radius 3 is 2.18 bits per heavy atom. The molecule has 1 aliphatic rings. The Morgan fingerprint density at radius 2 is 1.59 bits per heavy atom. The van der Waals surface area contributed by atoms with E-state index in [-0.39, 0.29) is 17.1 Å². The van der Waals surface area contributed by atoms with Gasteiger partial charge in [-0.1, -0.05) is 51.2 Å². The molecule has 0 atom stereocenters. The van der Waals surface area contributed by atoms with Crippen LogP contribution in [-0.2, 0) is 14.4 Å². The van der Waals surface area contributed by atoms with Crippen molar-refractivity contribution in [2.24, 2.45) is 5.73 Å². The molecule has 0 aliphatic carbocycles. The first kappa shape index (κ1) is 28.1. The highest BCUT2D eigenvalue weighted by atomic mass is 16.7. The lowest BCUT2D eigenvalue weighted by atomic mass is 9.78. The molecule has 0 bridgehead atoms. The molecule has 1 fully saturated rings. The number of hydroxylamine groups is 2. The minimum atomic E-state index is -0.969. The van der Waals surface area contributed by atoms with Gasteiger partial charge in [-0.15, -0.1) is 0 Å². The zero-order chi connectivity index (χ0) is 25.4. The van der Waals surface area contributed by atoms with Gasteiger partial charge in [-0.3, -0.25) is 19.3 Å². The van der Waals surface area contributed by atoms with Crippen LogP contribution in [0.3, 0.4) is 0 Å². The van der Waals surface area contributed by atoms with Gasteiger partial charge in [-0.05, 0) is 66.0 Å². The van der Waals surface area contributed by atoms with Crippen LogP contribution in [0.4, 0.5) is 5.69 Å². The lowest BCUT2D eigenvalue weighted by molar-refractivity contribution is -0.283. The van der Waals surface area contributed by atoms with Gasteiger partial charge in [-0.2, -0.15) is 5.06 Å². The maximum absolute atomic E-state index is 13.1. The van der Waals surface area contributed by atoms with Crippen LogP contribution >= 0.6 is 0 Å². The third kappa shape index (κ3) is 7.19. The minimum absolute atomic E-state index is 0.236. The van der Waals surface area contributed by atoms with Gasteiger partial charge in [0.1, 0.15) is 5.75 Å². The van der Waals surface area contributed by atoms with Crippen LogP contribution in [-0.4, -0.2) is 47.2 Å². The molecular formula is C27H45N3O4. The third-order valence-electron chi connectivity index (χ3n) is 6.51. The zero-order valence-corrected chi connectivity index (χ0v) is 22.1. The second kappa shape index (κ2) is 12.5. The zero-order valence-electron chi connectivity index (χ0n) is 22.1. The van der Waals surface area contributed by atoms with E-state index in [9.17, 15) is 9.59 Å². The average molecular weight is 476 g/mol. The van der Waals surface area contributed by atoms with Crippen molar-refractivity contribution >= 4 is 17.5 Å². The molecule has 0 radical (unpaired) electrons. The maximum atomic E-state index is 13.1. The number of benzene rings is 1. The van der Waals surface area contributed by atoms with E-state index in [1.54, 1.807) is 4.90 Å². The standard InChI is InChI=1S/C27H45N3O4/c1-7-9-10-11-12-15-18-34-30-26(3,4)19-21(20-27(30,5)6)29(25(32)24(28)31)22-16-13-14-17-23(22)33-8-2/h13-14,16-17,21H,7-12,15,18-20H2,1-6H3,(H2,28,31). The van der Waals surface area contributed by atoms with Crippen molar-refractivity contribution in [2.45, 2.75) is 110 Å². The Hall–Kier alpha value is -2.12. The number of anilines is 1. The Morgan fingerprint density at radius 1 is 1.00 bits per heavy atom. The predicted octanol–water partition coefficient (Wildman–Crippen LogP) is 5.22. The quantitative estimate of drug-likeness (QED) is 0.331. The number of nitrogens with zero attached hydrogens (tertiary/aromatic N) is 2.